The van der Waals surface area contributed by atoms with Gasteiger partial charge < -0.3 is 15.8 Å². The first kappa shape index (κ1) is 16.0. The molecule has 116 valence electrons. The van der Waals surface area contributed by atoms with Crippen LogP contribution in [-0.2, 0) is 4.79 Å². The molecule has 1 heterocycles. The zero-order valence-corrected chi connectivity index (χ0v) is 13.6. The van der Waals surface area contributed by atoms with Gasteiger partial charge in [-0.05, 0) is 32.0 Å². The van der Waals surface area contributed by atoms with Crippen molar-refractivity contribution in [2.24, 2.45) is 0 Å². The number of ether oxygens (including phenoxy) is 1. The first-order valence-electron chi connectivity index (χ1n) is 6.99. The van der Waals surface area contributed by atoms with Crippen molar-refractivity contribution in [2.45, 2.75) is 18.6 Å². The van der Waals surface area contributed by atoms with Gasteiger partial charge in [0.25, 0.3) is 0 Å². The fraction of sp³-hybridized carbons (Fsp3) is 0.533. The molecule has 1 aromatic carbocycles. The van der Waals surface area contributed by atoms with Crippen LogP contribution in [-0.4, -0.2) is 48.1 Å². The molecule has 6 heteroatoms. The Morgan fingerprint density at radius 1 is 1.52 bits per heavy atom. The minimum atomic E-state index is -0.0402. The number of nitrogens with two attached hydrogens (primary N) is 1. The number of benzene rings is 1. The molecule has 21 heavy (non-hydrogen) atoms. The number of hydrogen-bond acceptors (Lipinski definition) is 5. The van der Waals surface area contributed by atoms with Crippen LogP contribution >= 0.6 is 11.8 Å². The molecule has 0 spiro atoms. The molecule has 1 aliphatic rings. The normalized spacial score (nSPS) is 18.2. The number of nitrogen functional groups attached to an aromatic ring is 1. The molecule has 0 unspecified atom stereocenters. The van der Waals surface area contributed by atoms with E-state index in [9.17, 15) is 4.79 Å². The first-order valence-corrected chi connectivity index (χ1v) is 7.98. The van der Waals surface area contributed by atoms with Crippen LogP contribution in [0.1, 0.15) is 13.8 Å². The van der Waals surface area contributed by atoms with Gasteiger partial charge in [0.15, 0.2) is 0 Å². The van der Waals surface area contributed by atoms with Crippen molar-refractivity contribution in [3.8, 4) is 5.75 Å². The van der Waals surface area contributed by atoms with Gasteiger partial charge in [-0.3, -0.25) is 9.69 Å². The maximum Gasteiger partial charge on any atom is 0.238 e. The highest BCUT2D eigenvalue weighted by Crippen LogP contribution is 2.30. The quantitative estimate of drug-likeness (QED) is 0.833. The van der Waals surface area contributed by atoms with Crippen molar-refractivity contribution in [3.63, 3.8) is 0 Å². The summed E-state index contributed by atoms with van der Waals surface area (Å²) in [5.41, 5.74) is 6.98. The number of carbonyl (C=O) groups excluding carboxylic acids is 1. The Kier molecular flexibility index (Phi) is 5.00. The maximum atomic E-state index is 12.2. The van der Waals surface area contributed by atoms with Gasteiger partial charge in [-0.25, -0.2) is 0 Å². The predicted octanol–water partition coefficient (Wildman–Crippen LogP) is 2.04. The number of rotatable bonds is 4. The highest BCUT2D eigenvalue weighted by atomic mass is 32.2. The largest absolute Gasteiger partial charge is 0.495 e. The van der Waals surface area contributed by atoms with Crippen molar-refractivity contribution in [2.75, 3.05) is 43.5 Å². The van der Waals surface area contributed by atoms with Gasteiger partial charge >= 0.3 is 0 Å². The van der Waals surface area contributed by atoms with Crippen LogP contribution in [0.2, 0.25) is 0 Å². The molecular weight excluding hydrogens is 286 g/mol. The monoisotopic (exact) mass is 309 g/mol. The second-order valence-electron chi connectivity index (χ2n) is 5.83. The lowest BCUT2D eigenvalue weighted by atomic mass is 10.2. The summed E-state index contributed by atoms with van der Waals surface area (Å²) in [6.07, 6.45) is 0. The fourth-order valence-corrected chi connectivity index (χ4v) is 3.64. The number of anilines is 2. The summed E-state index contributed by atoms with van der Waals surface area (Å²) < 4.78 is 5.44. The highest BCUT2D eigenvalue weighted by molar-refractivity contribution is 8.00. The Labute approximate surface area is 130 Å². The van der Waals surface area contributed by atoms with Gasteiger partial charge in [0.05, 0.1) is 19.3 Å². The third-order valence-electron chi connectivity index (χ3n) is 3.37. The molecule has 3 N–H and O–H groups in total. The lowest BCUT2D eigenvalue weighted by Gasteiger charge is -2.37. The predicted molar refractivity (Wildman–Crippen MR) is 89.0 cm³/mol. The van der Waals surface area contributed by atoms with Crippen molar-refractivity contribution < 1.29 is 9.53 Å². The van der Waals surface area contributed by atoms with Gasteiger partial charge in [-0.2, -0.15) is 11.8 Å². The Morgan fingerprint density at radius 2 is 2.29 bits per heavy atom. The Bertz CT molecular complexity index is 520. The zero-order chi connectivity index (χ0) is 15.5. The van der Waals surface area contributed by atoms with Crippen LogP contribution in [0.15, 0.2) is 18.2 Å². The number of nitrogens with one attached hydrogen (secondary N) is 1. The Hall–Kier alpha value is -1.40. The van der Waals surface area contributed by atoms with E-state index in [0.29, 0.717) is 23.7 Å². The number of nitrogens with zero attached hydrogens (tertiary/aromatic N) is 1. The Morgan fingerprint density at radius 3 is 2.95 bits per heavy atom. The fourth-order valence-electron chi connectivity index (χ4n) is 2.47. The van der Waals surface area contributed by atoms with Crippen LogP contribution in [0.3, 0.4) is 0 Å². The van der Waals surface area contributed by atoms with Gasteiger partial charge in [-0.15, -0.1) is 0 Å². The summed E-state index contributed by atoms with van der Waals surface area (Å²) in [7, 11) is 1.57. The summed E-state index contributed by atoms with van der Waals surface area (Å²) in [6, 6.07) is 5.22. The summed E-state index contributed by atoms with van der Waals surface area (Å²) in [5, 5.41) is 2.88. The first-order chi connectivity index (χ1) is 9.89. The SMILES string of the molecule is COc1ccc(N)cc1NC(=O)CN1CCSC(C)(C)C1. The molecule has 0 aliphatic carbocycles. The van der Waals surface area contributed by atoms with Crippen molar-refractivity contribution in [3.05, 3.63) is 18.2 Å². The van der Waals surface area contributed by atoms with E-state index in [1.807, 2.05) is 11.8 Å². The van der Waals surface area contributed by atoms with Gasteiger partial charge in [0.1, 0.15) is 5.75 Å². The van der Waals surface area contributed by atoms with Crippen LogP contribution < -0.4 is 15.8 Å². The lowest BCUT2D eigenvalue weighted by Crippen LogP contribution is -2.46. The molecular formula is C15H23N3O2S. The standard InChI is InChI=1S/C15H23N3O2S/c1-15(2)10-18(6-7-21-15)9-14(19)17-12-8-11(16)4-5-13(12)20-3/h4-5,8H,6-7,9-10,16H2,1-3H3,(H,17,19). The van der Waals surface area contributed by atoms with E-state index in [2.05, 4.69) is 24.1 Å². The maximum absolute atomic E-state index is 12.2. The lowest BCUT2D eigenvalue weighted by molar-refractivity contribution is -0.117. The van der Waals surface area contributed by atoms with Crippen molar-refractivity contribution in [1.82, 2.24) is 4.90 Å². The second kappa shape index (κ2) is 6.58. The van der Waals surface area contributed by atoms with E-state index in [1.165, 1.54) is 0 Å². The van der Waals surface area contributed by atoms with Crippen LogP contribution in [0, 0.1) is 0 Å². The Balaban J connectivity index is 1.97. The molecule has 1 aromatic rings. The number of amides is 1. The summed E-state index contributed by atoms with van der Waals surface area (Å²) in [4.78, 5) is 14.4. The number of hydrogen-bond donors (Lipinski definition) is 2. The molecule has 1 saturated heterocycles. The smallest absolute Gasteiger partial charge is 0.238 e. The molecule has 0 saturated carbocycles. The van der Waals surface area contributed by atoms with Crippen LogP contribution in [0.5, 0.6) is 5.75 Å². The third kappa shape index (κ3) is 4.54. The minimum Gasteiger partial charge on any atom is -0.495 e. The summed E-state index contributed by atoms with van der Waals surface area (Å²) >= 11 is 1.95. The van der Waals surface area contributed by atoms with E-state index in [-0.39, 0.29) is 10.7 Å². The summed E-state index contributed by atoms with van der Waals surface area (Å²) in [5.74, 6) is 1.63. The molecule has 0 bridgehead atoms. The molecule has 0 radical (unpaired) electrons. The number of carbonyl (C=O) groups is 1. The number of methoxy groups -OCH3 is 1. The third-order valence-corrected chi connectivity index (χ3v) is 4.67. The van der Waals surface area contributed by atoms with Crippen LogP contribution in [0.4, 0.5) is 11.4 Å². The molecule has 1 aliphatic heterocycles. The van der Waals surface area contributed by atoms with E-state index in [4.69, 9.17) is 10.5 Å². The van der Waals surface area contributed by atoms with E-state index >= 15 is 0 Å². The molecule has 5 nitrogen and oxygen atoms in total. The molecule has 0 aromatic heterocycles. The molecule has 1 amide bonds. The van der Waals surface area contributed by atoms with Gasteiger partial charge in [0.2, 0.25) is 5.91 Å². The topological polar surface area (TPSA) is 67.6 Å². The average Bonchev–Trinajstić information content (AvgIpc) is 2.37. The zero-order valence-electron chi connectivity index (χ0n) is 12.8. The van der Waals surface area contributed by atoms with Crippen LogP contribution in [0.25, 0.3) is 0 Å². The van der Waals surface area contributed by atoms with Crippen molar-refractivity contribution >= 4 is 29.0 Å². The molecule has 0 atom stereocenters. The summed E-state index contributed by atoms with van der Waals surface area (Å²) in [6.45, 7) is 6.67. The molecule has 2 rings (SSSR count). The van der Waals surface area contributed by atoms with Gasteiger partial charge in [-0.1, -0.05) is 0 Å². The van der Waals surface area contributed by atoms with Gasteiger partial charge in [0, 0.05) is 29.3 Å². The van der Waals surface area contributed by atoms with Crippen molar-refractivity contribution in [1.29, 1.82) is 0 Å². The van der Waals surface area contributed by atoms with E-state index in [1.54, 1.807) is 25.3 Å². The van der Waals surface area contributed by atoms with E-state index in [0.717, 1.165) is 18.8 Å². The highest BCUT2D eigenvalue weighted by Gasteiger charge is 2.28. The minimum absolute atomic E-state index is 0.0402. The number of thioether (sulfide) groups is 1. The van der Waals surface area contributed by atoms with E-state index < -0.39 is 0 Å². The molecule has 1 fully saturated rings. The average molecular weight is 309 g/mol. The second-order valence-corrected chi connectivity index (χ2v) is 7.63.